The van der Waals surface area contributed by atoms with Crippen LogP contribution >= 0.6 is 0 Å². The molecule has 0 saturated carbocycles. The molecule has 0 aliphatic carbocycles. The van der Waals surface area contributed by atoms with E-state index in [9.17, 15) is 4.79 Å². The van der Waals surface area contributed by atoms with E-state index >= 15 is 0 Å². The van der Waals surface area contributed by atoms with Crippen molar-refractivity contribution in [3.8, 4) is 11.5 Å². The van der Waals surface area contributed by atoms with Gasteiger partial charge in [0.2, 0.25) is 0 Å². The first-order chi connectivity index (χ1) is 14.6. The van der Waals surface area contributed by atoms with E-state index in [-0.39, 0.29) is 12.7 Å². The van der Waals surface area contributed by atoms with Gasteiger partial charge in [-0.15, -0.1) is 0 Å². The Hall–Kier alpha value is -2.61. The summed E-state index contributed by atoms with van der Waals surface area (Å²) in [5.41, 5.74) is 0.376. The molecule has 0 spiro atoms. The number of hydrogen-bond acceptors (Lipinski definition) is 7. The molecule has 1 atom stereocenters. The van der Waals surface area contributed by atoms with Gasteiger partial charge < -0.3 is 28.4 Å². The molecule has 30 heavy (non-hydrogen) atoms. The highest BCUT2D eigenvalue weighted by Crippen LogP contribution is 2.32. The van der Waals surface area contributed by atoms with E-state index in [1.54, 1.807) is 6.92 Å². The summed E-state index contributed by atoms with van der Waals surface area (Å²) in [5.74, 6) is 1.21. The van der Waals surface area contributed by atoms with Crippen LogP contribution in [0, 0.1) is 0 Å². The van der Waals surface area contributed by atoms with Crippen LogP contribution in [0.4, 0.5) is 0 Å². The fourth-order valence-corrected chi connectivity index (χ4v) is 2.70. The number of benzene rings is 2. The number of hydrogen-bond donors (Lipinski definition) is 0. The maximum Gasteiger partial charge on any atom is 0.333 e. The largest absolute Gasteiger partial charge is 0.491 e. The summed E-state index contributed by atoms with van der Waals surface area (Å²) in [7, 11) is 0. The number of carbonyl (C=O) groups is 1. The van der Waals surface area contributed by atoms with Crippen molar-refractivity contribution in [1.82, 2.24) is 0 Å². The molecule has 2 aromatic rings. The van der Waals surface area contributed by atoms with Crippen LogP contribution < -0.4 is 9.47 Å². The first kappa shape index (κ1) is 22.1. The lowest BCUT2D eigenvalue weighted by Crippen LogP contribution is -2.14. The average Bonchev–Trinajstić information content (AvgIpc) is 3.58. The molecule has 7 nitrogen and oxygen atoms in total. The minimum atomic E-state index is -0.406. The van der Waals surface area contributed by atoms with E-state index in [4.69, 9.17) is 28.4 Å². The van der Waals surface area contributed by atoms with Crippen molar-refractivity contribution in [3.63, 3.8) is 0 Å². The Kier molecular flexibility index (Phi) is 8.50. The molecule has 0 aromatic heterocycles. The number of ether oxygens (including phenoxy) is 6. The molecule has 0 amide bonds. The molecule has 162 valence electrons. The van der Waals surface area contributed by atoms with Crippen molar-refractivity contribution < 1.29 is 33.2 Å². The summed E-state index contributed by atoms with van der Waals surface area (Å²) in [4.78, 5) is 11.2. The Morgan fingerprint density at radius 2 is 1.50 bits per heavy atom. The Labute approximate surface area is 176 Å². The molecule has 3 rings (SSSR count). The average molecular weight is 416 g/mol. The Morgan fingerprint density at radius 3 is 2.10 bits per heavy atom. The van der Waals surface area contributed by atoms with Crippen LogP contribution in [0.2, 0.25) is 0 Å². The maximum atomic E-state index is 11.2. The Morgan fingerprint density at radius 1 is 0.933 bits per heavy atom. The van der Waals surface area contributed by atoms with Gasteiger partial charge in [0, 0.05) is 16.3 Å². The van der Waals surface area contributed by atoms with E-state index in [0.29, 0.717) is 45.2 Å². The second kappa shape index (κ2) is 11.5. The van der Waals surface area contributed by atoms with Crippen molar-refractivity contribution in [1.29, 1.82) is 0 Å². The first-order valence-corrected chi connectivity index (χ1v) is 10.0. The summed E-state index contributed by atoms with van der Waals surface area (Å²) < 4.78 is 32.8. The lowest BCUT2D eigenvalue weighted by atomic mass is 10.1. The van der Waals surface area contributed by atoms with Crippen molar-refractivity contribution in [2.45, 2.75) is 13.0 Å². The standard InChI is InChI=1S/C23H28O7/c1-17(2)23(24)28-14-12-26-10-9-25-11-13-27-21-7-3-6-20-19(21)5-4-8-22(20)30-16-18-15-29-18/h3-8,18H,1,9-16H2,2H3. The maximum absolute atomic E-state index is 11.2. The lowest BCUT2D eigenvalue weighted by molar-refractivity contribution is -0.140. The van der Waals surface area contributed by atoms with Gasteiger partial charge >= 0.3 is 5.97 Å². The summed E-state index contributed by atoms with van der Waals surface area (Å²) in [6.45, 7) is 8.72. The predicted octanol–water partition coefficient (Wildman–Crippen LogP) is 3.15. The minimum absolute atomic E-state index is 0.204. The van der Waals surface area contributed by atoms with Crippen molar-refractivity contribution in [3.05, 3.63) is 48.6 Å². The number of fused-ring (bicyclic) bond motifs is 1. The molecule has 1 unspecified atom stereocenters. The highest BCUT2D eigenvalue weighted by molar-refractivity contribution is 5.93. The van der Waals surface area contributed by atoms with E-state index in [1.807, 2.05) is 36.4 Å². The van der Waals surface area contributed by atoms with Crippen LogP contribution in [0.15, 0.2) is 48.6 Å². The summed E-state index contributed by atoms with van der Waals surface area (Å²) in [6, 6.07) is 11.8. The van der Waals surface area contributed by atoms with E-state index in [0.717, 1.165) is 28.9 Å². The highest BCUT2D eigenvalue weighted by atomic mass is 16.6. The van der Waals surface area contributed by atoms with Crippen LogP contribution in [0.5, 0.6) is 11.5 Å². The van der Waals surface area contributed by atoms with Gasteiger partial charge in [-0.2, -0.15) is 0 Å². The van der Waals surface area contributed by atoms with Gasteiger partial charge in [-0.05, 0) is 19.1 Å². The molecule has 0 N–H and O–H groups in total. The molecule has 2 aromatic carbocycles. The zero-order chi connectivity index (χ0) is 21.2. The normalized spacial score (nSPS) is 15.0. The fourth-order valence-electron chi connectivity index (χ4n) is 2.70. The number of epoxide rings is 1. The van der Waals surface area contributed by atoms with Gasteiger partial charge in [0.15, 0.2) is 0 Å². The smallest absolute Gasteiger partial charge is 0.333 e. The Balaban J connectivity index is 1.32. The van der Waals surface area contributed by atoms with Gasteiger partial charge in [-0.3, -0.25) is 0 Å². The molecule has 1 heterocycles. The van der Waals surface area contributed by atoms with E-state index in [1.165, 1.54) is 0 Å². The van der Waals surface area contributed by atoms with Crippen LogP contribution in [0.25, 0.3) is 10.8 Å². The van der Waals surface area contributed by atoms with Gasteiger partial charge in [0.25, 0.3) is 0 Å². The number of rotatable bonds is 14. The molecular formula is C23H28O7. The van der Waals surface area contributed by atoms with Gasteiger partial charge in [0.1, 0.15) is 37.4 Å². The van der Waals surface area contributed by atoms with Crippen molar-refractivity contribution in [2.24, 2.45) is 0 Å². The number of esters is 1. The SMILES string of the molecule is C=C(C)C(=O)OCCOCCOCCOc1cccc2c(OCC3CO3)cccc12. The minimum Gasteiger partial charge on any atom is -0.491 e. The Bertz CT molecular complexity index is 845. The lowest BCUT2D eigenvalue weighted by Gasteiger charge is -2.12. The fraction of sp³-hybridized carbons (Fsp3) is 0.435. The van der Waals surface area contributed by atoms with Crippen molar-refractivity contribution >= 4 is 16.7 Å². The molecule has 7 heteroatoms. The topological polar surface area (TPSA) is 75.8 Å². The zero-order valence-electron chi connectivity index (χ0n) is 17.3. The first-order valence-electron chi connectivity index (χ1n) is 10.0. The summed E-state index contributed by atoms with van der Waals surface area (Å²) in [6.07, 6.45) is 0.215. The van der Waals surface area contributed by atoms with E-state index in [2.05, 4.69) is 6.58 Å². The van der Waals surface area contributed by atoms with Crippen molar-refractivity contribution in [2.75, 3.05) is 52.9 Å². The molecular weight excluding hydrogens is 388 g/mol. The van der Waals surface area contributed by atoms with Crippen LogP contribution in [0.1, 0.15) is 6.92 Å². The molecule has 0 radical (unpaired) electrons. The molecule has 1 aliphatic rings. The second-order valence-corrected chi connectivity index (χ2v) is 6.86. The zero-order valence-corrected chi connectivity index (χ0v) is 17.3. The summed E-state index contributed by atoms with van der Waals surface area (Å²) >= 11 is 0. The third kappa shape index (κ3) is 7.02. The molecule has 0 bridgehead atoms. The van der Waals surface area contributed by atoms with Gasteiger partial charge in [-0.25, -0.2) is 4.79 Å². The molecule has 1 aliphatic heterocycles. The number of carbonyl (C=O) groups excluding carboxylic acids is 1. The van der Waals surface area contributed by atoms with Crippen LogP contribution in [0.3, 0.4) is 0 Å². The molecule has 1 saturated heterocycles. The van der Waals surface area contributed by atoms with Crippen LogP contribution in [-0.4, -0.2) is 64.9 Å². The third-order valence-electron chi connectivity index (χ3n) is 4.34. The quantitative estimate of drug-likeness (QED) is 0.203. The van der Waals surface area contributed by atoms with E-state index < -0.39 is 5.97 Å². The summed E-state index contributed by atoms with van der Waals surface area (Å²) in [5, 5.41) is 2.01. The monoisotopic (exact) mass is 416 g/mol. The van der Waals surface area contributed by atoms with Gasteiger partial charge in [0.05, 0.1) is 33.0 Å². The predicted molar refractivity (Wildman–Crippen MR) is 112 cm³/mol. The van der Waals surface area contributed by atoms with Gasteiger partial charge in [-0.1, -0.05) is 30.8 Å². The second-order valence-electron chi connectivity index (χ2n) is 6.86. The molecule has 1 fully saturated rings. The van der Waals surface area contributed by atoms with Crippen LogP contribution in [-0.2, 0) is 23.7 Å². The third-order valence-corrected chi connectivity index (χ3v) is 4.34. The highest BCUT2D eigenvalue weighted by Gasteiger charge is 2.23.